The Morgan fingerprint density at radius 1 is 1.08 bits per heavy atom. The van der Waals surface area contributed by atoms with Crippen LogP contribution in [0, 0.1) is 12.8 Å². The standard InChI is InChI=1S/C22H25NO3/c1-17-9-11-19(12-10-17)13-14-21(24)23(15-18(2)22(25)26-3)16-20-7-5-4-6-8-20/h4-14,18H,15-16H2,1-3H3/b14-13+. The van der Waals surface area contributed by atoms with Crippen molar-refractivity contribution in [3.05, 3.63) is 77.4 Å². The Kier molecular flexibility index (Phi) is 7.15. The van der Waals surface area contributed by atoms with E-state index in [4.69, 9.17) is 4.74 Å². The number of carbonyl (C=O) groups excluding carboxylic acids is 2. The molecule has 0 aliphatic heterocycles. The first-order valence-electron chi connectivity index (χ1n) is 8.65. The van der Waals surface area contributed by atoms with Crippen LogP contribution in [-0.4, -0.2) is 30.4 Å². The molecule has 26 heavy (non-hydrogen) atoms. The molecule has 0 aliphatic rings. The zero-order chi connectivity index (χ0) is 18.9. The maximum atomic E-state index is 12.7. The van der Waals surface area contributed by atoms with E-state index in [0.29, 0.717) is 13.1 Å². The van der Waals surface area contributed by atoms with Gasteiger partial charge in [0.2, 0.25) is 5.91 Å². The van der Waals surface area contributed by atoms with Crippen LogP contribution in [0.15, 0.2) is 60.7 Å². The fraction of sp³-hybridized carbons (Fsp3) is 0.273. The van der Waals surface area contributed by atoms with Gasteiger partial charge in [-0.2, -0.15) is 0 Å². The van der Waals surface area contributed by atoms with E-state index >= 15 is 0 Å². The first kappa shape index (κ1) is 19.4. The van der Waals surface area contributed by atoms with Crippen molar-refractivity contribution in [2.75, 3.05) is 13.7 Å². The lowest BCUT2D eigenvalue weighted by molar-refractivity contribution is -0.146. The second-order valence-electron chi connectivity index (χ2n) is 6.37. The summed E-state index contributed by atoms with van der Waals surface area (Å²) in [5.74, 6) is -0.844. The lowest BCUT2D eigenvalue weighted by Crippen LogP contribution is -2.35. The highest BCUT2D eigenvalue weighted by Crippen LogP contribution is 2.11. The second-order valence-corrected chi connectivity index (χ2v) is 6.37. The van der Waals surface area contributed by atoms with E-state index in [1.165, 1.54) is 12.7 Å². The van der Waals surface area contributed by atoms with Crippen LogP contribution in [0.1, 0.15) is 23.6 Å². The van der Waals surface area contributed by atoms with E-state index in [-0.39, 0.29) is 17.8 Å². The quantitative estimate of drug-likeness (QED) is 0.562. The van der Waals surface area contributed by atoms with E-state index in [1.54, 1.807) is 24.0 Å². The average molecular weight is 351 g/mol. The minimum absolute atomic E-state index is 0.134. The number of esters is 1. The number of rotatable bonds is 7. The number of carbonyl (C=O) groups is 2. The van der Waals surface area contributed by atoms with Gasteiger partial charge in [0, 0.05) is 19.2 Å². The Balaban J connectivity index is 2.13. The maximum Gasteiger partial charge on any atom is 0.310 e. The molecule has 0 fully saturated rings. The van der Waals surface area contributed by atoms with Crippen LogP contribution in [0.5, 0.6) is 0 Å². The van der Waals surface area contributed by atoms with Gasteiger partial charge in [0.15, 0.2) is 0 Å². The number of nitrogens with zero attached hydrogens (tertiary/aromatic N) is 1. The number of ether oxygens (including phenoxy) is 1. The van der Waals surface area contributed by atoms with Gasteiger partial charge in [0.05, 0.1) is 13.0 Å². The molecule has 0 aromatic heterocycles. The molecule has 2 aromatic carbocycles. The summed E-state index contributed by atoms with van der Waals surface area (Å²) in [5, 5.41) is 0. The molecule has 0 radical (unpaired) electrons. The number of amides is 1. The number of benzene rings is 2. The average Bonchev–Trinajstić information content (AvgIpc) is 2.66. The fourth-order valence-corrected chi connectivity index (χ4v) is 2.59. The highest BCUT2D eigenvalue weighted by molar-refractivity contribution is 5.92. The molecule has 2 aromatic rings. The smallest absolute Gasteiger partial charge is 0.310 e. The summed E-state index contributed by atoms with van der Waals surface area (Å²) in [6.45, 7) is 4.53. The summed E-state index contributed by atoms with van der Waals surface area (Å²) in [4.78, 5) is 26.1. The summed E-state index contributed by atoms with van der Waals surface area (Å²) >= 11 is 0. The van der Waals surface area contributed by atoms with Gasteiger partial charge >= 0.3 is 5.97 Å². The van der Waals surface area contributed by atoms with E-state index in [2.05, 4.69) is 0 Å². The Morgan fingerprint density at radius 3 is 2.35 bits per heavy atom. The van der Waals surface area contributed by atoms with E-state index in [9.17, 15) is 9.59 Å². The molecule has 136 valence electrons. The van der Waals surface area contributed by atoms with E-state index in [1.807, 2.05) is 61.5 Å². The normalized spacial score (nSPS) is 12.0. The molecule has 1 amide bonds. The second kappa shape index (κ2) is 9.56. The number of hydrogen-bond acceptors (Lipinski definition) is 3. The van der Waals surface area contributed by atoms with Gasteiger partial charge in [-0.15, -0.1) is 0 Å². The summed E-state index contributed by atoms with van der Waals surface area (Å²) in [7, 11) is 1.36. The van der Waals surface area contributed by atoms with Crippen LogP contribution < -0.4 is 0 Å². The van der Waals surface area contributed by atoms with Crippen molar-refractivity contribution in [2.24, 2.45) is 5.92 Å². The van der Waals surface area contributed by atoms with Gasteiger partial charge in [-0.25, -0.2) is 0 Å². The minimum Gasteiger partial charge on any atom is -0.469 e. The summed E-state index contributed by atoms with van der Waals surface area (Å²) in [5.41, 5.74) is 3.15. The van der Waals surface area contributed by atoms with Crippen molar-refractivity contribution in [1.29, 1.82) is 0 Å². The third-order valence-electron chi connectivity index (χ3n) is 4.12. The van der Waals surface area contributed by atoms with E-state index < -0.39 is 0 Å². The predicted molar refractivity (Wildman–Crippen MR) is 103 cm³/mol. The third kappa shape index (κ3) is 5.88. The molecule has 0 spiro atoms. The topological polar surface area (TPSA) is 46.6 Å². The van der Waals surface area contributed by atoms with Crippen LogP contribution in [0.4, 0.5) is 0 Å². The Bertz CT molecular complexity index is 751. The van der Waals surface area contributed by atoms with Gasteiger partial charge in [-0.3, -0.25) is 9.59 Å². The minimum atomic E-state index is -0.388. The Hall–Kier alpha value is -2.88. The number of aryl methyl sites for hydroxylation is 1. The van der Waals surface area contributed by atoms with Crippen molar-refractivity contribution in [3.63, 3.8) is 0 Å². The van der Waals surface area contributed by atoms with Crippen LogP contribution in [0.3, 0.4) is 0 Å². The van der Waals surface area contributed by atoms with Crippen molar-refractivity contribution < 1.29 is 14.3 Å². The van der Waals surface area contributed by atoms with Crippen molar-refractivity contribution in [1.82, 2.24) is 4.90 Å². The summed E-state index contributed by atoms with van der Waals surface area (Å²) in [6.07, 6.45) is 3.35. The molecule has 0 saturated heterocycles. The van der Waals surface area contributed by atoms with Crippen molar-refractivity contribution >= 4 is 18.0 Å². The molecule has 0 bridgehead atoms. The summed E-state index contributed by atoms with van der Waals surface area (Å²) < 4.78 is 4.79. The molecule has 0 N–H and O–H groups in total. The third-order valence-corrected chi connectivity index (χ3v) is 4.12. The SMILES string of the molecule is COC(=O)C(C)CN(Cc1ccccc1)C(=O)/C=C/c1ccc(C)cc1. The molecule has 1 unspecified atom stereocenters. The largest absolute Gasteiger partial charge is 0.469 e. The van der Waals surface area contributed by atoms with Crippen LogP contribution in [0.25, 0.3) is 6.08 Å². The van der Waals surface area contributed by atoms with Gasteiger partial charge < -0.3 is 9.64 Å². The zero-order valence-electron chi connectivity index (χ0n) is 15.5. The first-order valence-corrected chi connectivity index (χ1v) is 8.65. The van der Waals surface area contributed by atoms with Crippen LogP contribution in [0.2, 0.25) is 0 Å². The molecule has 1 atom stereocenters. The molecular weight excluding hydrogens is 326 g/mol. The summed E-state index contributed by atoms with van der Waals surface area (Å²) in [6, 6.07) is 17.7. The highest BCUT2D eigenvalue weighted by atomic mass is 16.5. The zero-order valence-corrected chi connectivity index (χ0v) is 15.5. The van der Waals surface area contributed by atoms with Crippen molar-refractivity contribution in [2.45, 2.75) is 20.4 Å². The Morgan fingerprint density at radius 2 is 1.73 bits per heavy atom. The van der Waals surface area contributed by atoms with E-state index in [0.717, 1.165) is 11.1 Å². The lowest BCUT2D eigenvalue weighted by atomic mass is 10.1. The monoisotopic (exact) mass is 351 g/mol. The molecule has 2 rings (SSSR count). The molecule has 4 heteroatoms. The fourth-order valence-electron chi connectivity index (χ4n) is 2.59. The predicted octanol–water partition coefficient (Wildman–Crippen LogP) is 3.85. The molecule has 4 nitrogen and oxygen atoms in total. The molecule has 0 aliphatic carbocycles. The van der Waals surface area contributed by atoms with Crippen LogP contribution in [-0.2, 0) is 20.9 Å². The van der Waals surface area contributed by atoms with Gasteiger partial charge in [-0.1, -0.05) is 67.1 Å². The molecule has 0 heterocycles. The number of hydrogen-bond donors (Lipinski definition) is 0. The van der Waals surface area contributed by atoms with Crippen molar-refractivity contribution in [3.8, 4) is 0 Å². The van der Waals surface area contributed by atoms with Gasteiger partial charge in [0.1, 0.15) is 0 Å². The molecular formula is C22H25NO3. The molecule has 0 saturated carbocycles. The van der Waals surface area contributed by atoms with Crippen LogP contribution >= 0.6 is 0 Å². The first-order chi connectivity index (χ1) is 12.5. The Labute approximate surface area is 155 Å². The van der Waals surface area contributed by atoms with Gasteiger partial charge in [0.25, 0.3) is 0 Å². The maximum absolute atomic E-state index is 12.7. The highest BCUT2D eigenvalue weighted by Gasteiger charge is 2.20. The lowest BCUT2D eigenvalue weighted by Gasteiger charge is -2.24. The number of methoxy groups -OCH3 is 1. The van der Waals surface area contributed by atoms with Gasteiger partial charge in [-0.05, 0) is 24.1 Å².